The molecule has 0 spiro atoms. The third-order valence-corrected chi connectivity index (χ3v) is 2.66. The molecule has 0 bridgehead atoms. The van der Waals surface area contributed by atoms with Crippen LogP contribution in [0.3, 0.4) is 0 Å². The van der Waals surface area contributed by atoms with E-state index >= 15 is 0 Å². The van der Waals surface area contributed by atoms with Gasteiger partial charge in [0.15, 0.2) is 0 Å². The fourth-order valence-electron chi connectivity index (χ4n) is 1.99. The van der Waals surface area contributed by atoms with Gasteiger partial charge in [0.2, 0.25) is 0 Å². The van der Waals surface area contributed by atoms with Gasteiger partial charge in [-0.25, -0.2) is 0 Å². The van der Waals surface area contributed by atoms with Crippen LogP contribution in [0.4, 0.5) is 0 Å². The number of hydrogen-bond donors (Lipinski definition) is 0. The third-order valence-electron chi connectivity index (χ3n) is 2.66. The molecular formula is C15H24O4. The van der Waals surface area contributed by atoms with Gasteiger partial charge in [-0.05, 0) is 24.1 Å². The molecule has 4 nitrogen and oxygen atoms in total. The van der Waals surface area contributed by atoms with Crippen LogP contribution in [0.2, 0.25) is 0 Å². The van der Waals surface area contributed by atoms with Crippen LogP contribution in [0.1, 0.15) is 30.0 Å². The summed E-state index contributed by atoms with van der Waals surface area (Å²) in [4.78, 5) is 0. The summed E-state index contributed by atoms with van der Waals surface area (Å²) in [5.74, 6) is 0.880. The first-order chi connectivity index (χ1) is 9.26. The highest BCUT2D eigenvalue weighted by atomic mass is 16.5. The van der Waals surface area contributed by atoms with Gasteiger partial charge in [-0.15, -0.1) is 0 Å². The van der Waals surface area contributed by atoms with Crippen molar-refractivity contribution in [3.63, 3.8) is 0 Å². The Kier molecular flexibility index (Phi) is 7.48. The Morgan fingerprint density at radius 1 is 0.842 bits per heavy atom. The van der Waals surface area contributed by atoms with Crippen LogP contribution >= 0.6 is 0 Å². The van der Waals surface area contributed by atoms with Crippen molar-refractivity contribution in [1.29, 1.82) is 0 Å². The smallest absolute Gasteiger partial charge is 0.130 e. The van der Waals surface area contributed by atoms with E-state index in [1.807, 2.05) is 0 Å². The van der Waals surface area contributed by atoms with Gasteiger partial charge < -0.3 is 18.9 Å². The van der Waals surface area contributed by atoms with Gasteiger partial charge in [-0.1, -0.05) is 6.92 Å². The van der Waals surface area contributed by atoms with Gasteiger partial charge in [0, 0.05) is 32.5 Å². The van der Waals surface area contributed by atoms with Crippen LogP contribution in [-0.2, 0) is 34.0 Å². The second kappa shape index (κ2) is 8.91. The third kappa shape index (κ3) is 4.82. The first-order valence-electron chi connectivity index (χ1n) is 6.51. The van der Waals surface area contributed by atoms with Crippen molar-refractivity contribution in [2.45, 2.75) is 33.2 Å². The van der Waals surface area contributed by atoms with Crippen molar-refractivity contribution in [3.05, 3.63) is 28.8 Å². The Hall–Kier alpha value is -1.10. The van der Waals surface area contributed by atoms with Crippen molar-refractivity contribution in [1.82, 2.24) is 0 Å². The van der Waals surface area contributed by atoms with Crippen LogP contribution in [0.15, 0.2) is 12.1 Å². The van der Waals surface area contributed by atoms with Crippen LogP contribution < -0.4 is 4.74 Å². The van der Waals surface area contributed by atoms with Crippen LogP contribution in [0, 0.1) is 0 Å². The van der Waals surface area contributed by atoms with E-state index in [9.17, 15) is 0 Å². The Morgan fingerprint density at radius 2 is 1.37 bits per heavy atom. The minimum Gasteiger partial charge on any atom is -0.493 e. The molecule has 0 aliphatic heterocycles. The lowest BCUT2D eigenvalue weighted by atomic mass is 10.0. The Bertz CT molecular complexity index is 349. The van der Waals surface area contributed by atoms with E-state index in [2.05, 4.69) is 19.1 Å². The summed E-state index contributed by atoms with van der Waals surface area (Å²) in [6.07, 6.45) is 0.971. The van der Waals surface area contributed by atoms with Gasteiger partial charge in [0.05, 0.1) is 26.4 Å². The minimum atomic E-state index is 0.521. The maximum atomic E-state index is 5.85. The number of rotatable bonds is 9. The molecule has 0 aromatic heterocycles. The topological polar surface area (TPSA) is 36.9 Å². The molecular weight excluding hydrogens is 244 g/mol. The molecule has 4 heteroatoms. The quantitative estimate of drug-likeness (QED) is 0.690. The van der Waals surface area contributed by atoms with E-state index in [-0.39, 0.29) is 0 Å². The summed E-state index contributed by atoms with van der Waals surface area (Å²) < 4.78 is 21.6. The lowest BCUT2D eigenvalue weighted by Crippen LogP contribution is -2.06. The van der Waals surface area contributed by atoms with Gasteiger partial charge in [-0.2, -0.15) is 0 Å². The average molecular weight is 268 g/mol. The summed E-state index contributed by atoms with van der Waals surface area (Å²) >= 11 is 0. The van der Waals surface area contributed by atoms with Crippen LogP contribution in [0.5, 0.6) is 5.75 Å². The Morgan fingerprint density at radius 3 is 1.79 bits per heavy atom. The van der Waals surface area contributed by atoms with Crippen molar-refractivity contribution in [2.24, 2.45) is 0 Å². The molecule has 0 N–H and O–H groups in total. The number of methoxy groups -OCH3 is 3. The molecule has 0 aliphatic carbocycles. The first kappa shape index (κ1) is 16.0. The zero-order valence-corrected chi connectivity index (χ0v) is 12.3. The van der Waals surface area contributed by atoms with Crippen molar-refractivity contribution in [2.75, 3.05) is 27.9 Å². The van der Waals surface area contributed by atoms with Crippen molar-refractivity contribution in [3.8, 4) is 5.75 Å². The number of benzene rings is 1. The summed E-state index contributed by atoms with van der Waals surface area (Å²) in [5, 5.41) is 0. The number of hydrogen-bond acceptors (Lipinski definition) is 4. The first-order valence-corrected chi connectivity index (χ1v) is 6.51. The summed E-state index contributed by atoms with van der Waals surface area (Å²) in [6, 6.07) is 4.13. The molecule has 1 rings (SSSR count). The molecule has 19 heavy (non-hydrogen) atoms. The van der Waals surface area contributed by atoms with Crippen LogP contribution in [0.25, 0.3) is 0 Å². The highest BCUT2D eigenvalue weighted by Crippen LogP contribution is 2.28. The lowest BCUT2D eigenvalue weighted by Gasteiger charge is -2.17. The molecule has 0 aliphatic rings. The maximum absolute atomic E-state index is 5.85. The predicted molar refractivity (Wildman–Crippen MR) is 74.4 cm³/mol. The Balaban J connectivity index is 3.11. The van der Waals surface area contributed by atoms with E-state index in [0.717, 1.165) is 28.9 Å². The molecule has 0 unspecified atom stereocenters. The molecule has 0 saturated carbocycles. The molecule has 0 atom stereocenters. The van der Waals surface area contributed by atoms with Gasteiger partial charge in [0.1, 0.15) is 5.75 Å². The molecule has 0 saturated heterocycles. The normalized spacial score (nSPS) is 10.7. The fourth-order valence-corrected chi connectivity index (χ4v) is 1.99. The van der Waals surface area contributed by atoms with Gasteiger partial charge >= 0.3 is 0 Å². The Labute approximate surface area is 115 Å². The largest absolute Gasteiger partial charge is 0.493 e. The van der Waals surface area contributed by atoms with E-state index in [1.165, 1.54) is 0 Å². The maximum Gasteiger partial charge on any atom is 0.130 e. The lowest BCUT2D eigenvalue weighted by molar-refractivity contribution is 0.167. The fraction of sp³-hybridized carbons (Fsp3) is 0.600. The van der Waals surface area contributed by atoms with Gasteiger partial charge in [-0.3, -0.25) is 0 Å². The predicted octanol–water partition coefficient (Wildman–Crippen LogP) is 2.91. The van der Waals surface area contributed by atoms with Gasteiger partial charge in [0.25, 0.3) is 0 Å². The molecule has 0 amide bonds. The second-order valence-corrected chi connectivity index (χ2v) is 4.39. The van der Waals surface area contributed by atoms with E-state index in [0.29, 0.717) is 26.4 Å². The minimum absolute atomic E-state index is 0.521. The van der Waals surface area contributed by atoms with Crippen molar-refractivity contribution < 1.29 is 18.9 Å². The zero-order valence-electron chi connectivity index (χ0n) is 12.3. The summed E-state index contributed by atoms with van der Waals surface area (Å²) in [6.45, 7) is 4.39. The zero-order chi connectivity index (χ0) is 14.1. The standard InChI is InChI=1S/C15H24O4/c1-5-6-19-15-13(10-17-3)7-12(9-16-2)8-14(15)11-18-4/h7-8H,5-6,9-11H2,1-4H3. The second-order valence-electron chi connectivity index (χ2n) is 4.39. The summed E-state index contributed by atoms with van der Waals surface area (Å²) in [5.41, 5.74) is 3.18. The van der Waals surface area contributed by atoms with Crippen LogP contribution in [-0.4, -0.2) is 27.9 Å². The van der Waals surface area contributed by atoms with Crippen molar-refractivity contribution >= 4 is 0 Å². The molecule has 0 fully saturated rings. The number of ether oxygens (including phenoxy) is 4. The molecule has 0 radical (unpaired) electrons. The SMILES string of the molecule is CCCOc1c(COC)cc(COC)cc1COC. The summed E-state index contributed by atoms with van der Waals surface area (Å²) in [7, 11) is 5.05. The monoisotopic (exact) mass is 268 g/mol. The van der Waals surface area contributed by atoms with E-state index in [4.69, 9.17) is 18.9 Å². The molecule has 1 aromatic rings. The van der Waals surface area contributed by atoms with E-state index in [1.54, 1.807) is 21.3 Å². The molecule has 108 valence electrons. The average Bonchev–Trinajstić information content (AvgIpc) is 2.39. The molecule has 0 heterocycles. The highest BCUT2D eigenvalue weighted by Gasteiger charge is 2.12. The molecule has 1 aromatic carbocycles. The van der Waals surface area contributed by atoms with E-state index < -0.39 is 0 Å². The highest BCUT2D eigenvalue weighted by molar-refractivity contribution is 5.44.